The molecule has 8 nitrogen and oxygen atoms in total. The number of nitrogens with zero attached hydrogens (tertiary/aromatic N) is 2. The van der Waals surface area contributed by atoms with E-state index >= 15 is 0 Å². The lowest BCUT2D eigenvalue weighted by Crippen LogP contribution is -2.34. The van der Waals surface area contributed by atoms with Crippen molar-refractivity contribution in [2.75, 3.05) is 25.5 Å². The zero-order valence-electron chi connectivity index (χ0n) is 16.3. The molecule has 0 atom stereocenters. The largest absolute Gasteiger partial charge is 0.454 e. The Bertz CT molecular complexity index is 1110. The smallest absolute Gasteiger partial charge is 0.326 e. The van der Waals surface area contributed by atoms with Crippen molar-refractivity contribution in [2.45, 2.75) is 18.7 Å². The first-order valence-corrected chi connectivity index (χ1v) is 10.3. The second-order valence-electron chi connectivity index (χ2n) is 6.75. The van der Waals surface area contributed by atoms with Gasteiger partial charge in [-0.25, -0.2) is 0 Å². The molecule has 2 aromatic carbocycles. The zero-order chi connectivity index (χ0) is 21.2. The average molecular weight is 415 g/mol. The Morgan fingerprint density at radius 2 is 1.83 bits per heavy atom. The number of carbonyl (C=O) groups excluding carboxylic acids is 2. The molecule has 0 fully saturated rings. The Kier molecular flexibility index (Phi) is 5.69. The molecule has 3 rings (SSSR count). The van der Waals surface area contributed by atoms with Crippen LogP contribution in [-0.4, -0.2) is 51.2 Å². The molecule has 0 aliphatic carbocycles. The van der Waals surface area contributed by atoms with Crippen LogP contribution in [-0.2, 0) is 24.3 Å². The van der Waals surface area contributed by atoms with Gasteiger partial charge in [0.2, 0.25) is 0 Å². The SMILES string of the molecule is Cc1ccc(NC(=O)COC(=O)CN(C)C2=NS(=O)(=O)c3ccccc32)cc1C. The van der Waals surface area contributed by atoms with Crippen LogP contribution in [0.15, 0.2) is 51.8 Å². The zero-order valence-corrected chi connectivity index (χ0v) is 17.1. The normalized spacial score (nSPS) is 14.0. The number of rotatable bonds is 5. The molecule has 1 N–H and O–H groups in total. The lowest BCUT2D eigenvalue weighted by Gasteiger charge is -2.17. The molecule has 9 heteroatoms. The number of aryl methyl sites for hydroxylation is 2. The molecule has 0 saturated carbocycles. The van der Waals surface area contributed by atoms with Crippen molar-refractivity contribution in [3.05, 3.63) is 59.2 Å². The quantitative estimate of drug-likeness (QED) is 0.748. The van der Waals surface area contributed by atoms with Gasteiger partial charge >= 0.3 is 5.97 Å². The minimum absolute atomic E-state index is 0.1000. The van der Waals surface area contributed by atoms with E-state index in [2.05, 4.69) is 9.71 Å². The molecule has 0 spiro atoms. The number of likely N-dealkylation sites (N-methyl/N-ethyl adjacent to an activating group) is 1. The second kappa shape index (κ2) is 8.04. The van der Waals surface area contributed by atoms with Gasteiger partial charge in [0.1, 0.15) is 11.4 Å². The van der Waals surface area contributed by atoms with Gasteiger partial charge in [-0.2, -0.15) is 8.42 Å². The molecule has 0 saturated heterocycles. The monoisotopic (exact) mass is 415 g/mol. The Morgan fingerprint density at radius 3 is 2.55 bits per heavy atom. The van der Waals surface area contributed by atoms with Crippen LogP contribution in [0.5, 0.6) is 0 Å². The van der Waals surface area contributed by atoms with Crippen LogP contribution in [0.3, 0.4) is 0 Å². The van der Waals surface area contributed by atoms with Gasteiger partial charge in [0.25, 0.3) is 15.9 Å². The van der Waals surface area contributed by atoms with E-state index in [1.54, 1.807) is 24.3 Å². The fourth-order valence-corrected chi connectivity index (χ4v) is 4.09. The number of fused-ring (bicyclic) bond motifs is 1. The highest BCUT2D eigenvalue weighted by Gasteiger charge is 2.31. The lowest BCUT2D eigenvalue weighted by molar-refractivity contribution is -0.147. The molecule has 29 heavy (non-hydrogen) atoms. The van der Waals surface area contributed by atoms with Gasteiger partial charge in [-0.3, -0.25) is 9.59 Å². The van der Waals surface area contributed by atoms with E-state index in [1.807, 2.05) is 26.0 Å². The topological polar surface area (TPSA) is 105 Å². The van der Waals surface area contributed by atoms with E-state index in [0.717, 1.165) is 11.1 Å². The summed E-state index contributed by atoms with van der Waals surface area (Å²) in [7, 11) is -2.24. The number of nitrogens with one attached hydrogen (secondary N) is 1. The summed E-state index contributed by atoms with van der Waals surface area (Å²) < 4.78 is 32.9. The predicted molar refractivity (Wildman–Crippen MR) is 108 cm³/mol. The first kappa shape index (κ1) is 20.5. The van der Waals surface area contributed by atoms with Crippen LogP contribution in [0.2, 0.25) is 0 Å². The third kappa shape index (κ3) is 4.62. The first-order valence-electron chi connectivity index (χ1n) is 8.85. The van der Waals surface area contributed by atoms with Crippen molar-refractivity contribution in [3.63, 3.8) is 0 Å². The summed E-state index contributed by atoms with van der Waals surface area (Å²) in [6.45, 7) is 3.21. The van der Waals surface area contributed by atoms with Crippen LogP contribution in [0.4, 0.5) is 5.69 Å². The number of amides is 1. The highest BCUT2D eigenvalue weighted by molar-refractivity contribution is 7.90. The number of esters is 1. The van der Waals surface area contributed by atoms with Crippen molar-refractivity contribution in [2.24, 2.45) is 4.40 Å². The molecule has 1 aliphatic rings. The standard InChI is InChI=1S/C20H21N3O5S/c1-13-8-9-15(10-14(13)2)21-18(24)12-28-19(25)11-23(3)20-16-6-4-5-7-17(16)29(26,27)22-20/h4-10H,11-12H2,1-3H3,(H,21,24). The summed E-state index contributed by atoms with van der Waals surface area (Å²) in [4.78, 5) is 25.6. The molecule has 1 aliphatic heterocycles. The van der Waals surface area contributed by atoms with E-state index in [0.29, 0.717) is 11.3 Å². The van der Waals surface area contributed by atoms with Crippen LogP contribution >= 0.6 is 0 Å². The van der Waals surface area contributed by atoms with Gasteiger partial charge in [-0.1, -0.05) is 18.2 Å². The van der Waals surface area contributed by atoms with Crippen molar-refractivity contribution < 1.29 is 22.7 Å². The first-order chi connectivity index (χ1) is 13.7. The van der Waals surface area contributed by atoms with E-state index in [1.165, 1.54) is 18.0 Å². The Labute approximate surface area is 169 Å². The summed E-state index contributed by atoms with van der Waals surface area (Å²) in [5.41, 5.74) is 3.19. The number of carbonyl (C=O) groups is 2. The van der Waals surface area contributed by atoms with E-state index in [-0.39, 0.29) is 17.3 Å². The van der Waals surface area contributed by atoms with E-state index in [4.69, 9.17) is 4.74 Å². The summed E-state index contributed by atoms with van der Waals surface area (Å²) >= 11 is 0. The highest BCUT2D eigenvalue weighted by Crippen LogP contribution is 2.26. The molecular formula is C20H21N3O5S. The third-order valence-corrected chi connectivity index (χ3v) is 5.82. The van der Waals surface area contributed by atoms with Gasteiger partial charge in [0, 0.05) is 18.3 Å². The fourth-order valence-electron chi connectivity index (χ4n) is 2.84. The molecule has 0 aromatic heterocycles. The third-order valence-electron chi connectivity index (χ3n) is 4.50. The molecule has 152 valence electrons. The van der Waals surface area contributed by atoms with Crippen LogP contribution in [0, 0.1) is 13.8 Å². The highest BCUT2D eigenvalue weighted by atomic mass is 32.2. The molecule has 2 aromatic rings. The molecule has 0 bridgehead atoms. The number of hydrogen-bond acceptors (Lipinski definition) is 6. The van der Waals surface area contributed by atoms with Crippen LogP contribution in [0.1, 0.15) is 16.7 Å². The van der Waals surface area contributed by atoms with Crippen LogP contribution in [0.25, 0.3) is 0 Å². The van der Waals surface area contributed by atoms with Crippen molar-refractivity contribution in [1.82, 2.24) is 4.90 Å². The predicted octanol–water partition coefficient (Wildman–Crippen LogP) is 1.87. The number of benzene rings is 2. The maximum atomic E-state index is 12.1. The average Bonchev–Trinajstić information content (AvgIpc) is 2.95. The molecule has 0 unspecified atom stereocenters. The minimum Gasteiger partial charge on any atom is -0.454 e. The Morgan fingerprint density at radius 1 is 1.10 bits per heavy atom. The molecule has 1 amide bonds. The summed E-state index contributed by atoms with van der Waals surface area (Å²) in [5.74, 6) is -0.972. The van der Waals surface area contributed by atoms with E-state index in [9.17, 15) is 18.0 Å². The van der Waals surface area contributed by atoms with Crippen molar-refractivity contribution in [3.8, 4) is 0 Å². The van der Waals surface area contributed by atoms with Crippen molar-refractivity contribution in [1.29, 1.82) is 0 Å². The lowest BCUT2D eigenvalue weighted by atomic mass is 10.1. The number of hydrogen-bond donors (Lipinski definition) is 1. The van der Waals surface area contributed by atoms with Gasteiger partial charge in [0.15, 0.2) is 12.4 Å². The Balaban J connectivity index is 1.56. The fraction of sp³-hybridized carbons (Fsp3) is 0.250. The summed E-state index contributed by atoms with van der Waals surface area (Å²) in [6.07, 6.45) is 0. The maximum absolute atomic E-state index is 12.1. The molecular weight excluding hydrogens is 394 g/mol. The maximum Gasteiger partial charge on any atom is 0.326 e. The van der Waals surface area contributed by atoms with E-state index < -0.39 is 28.5 Å². The molecule has 1 heterocycles. The second-order valence-corrected chi connectivity index (χ2v) is 8.32. The molecule has 0 radical (unpaired) electrons. The number of anilines is 1. The van der Waals surface area contributed by atoms with Crippen LogP contribution < -0.4 is 5.32 Å². The summed E-state index contributed by atoms with van der Waals surface area (Å²) in [6, 6.07) is 11.9. The van der Waals surface area contributed by atoms with Gasteiger partial charge in [0.05, 0.1) is 0 Å². The van der Waals surface area contributed by atoms with Crippen molar-refractivity contribution >= 4 is 33.4 Å². The number of amidine groups is 1. The number of ether oxygens (including phenoxy) is 1. The summed E-state index contributed by atoms with van der Waals surface area (Å²) in [5, 5.41) is 2.66. The number of sulfonamides is 1. The van der Waals surface area contributed by atoms with Gasteiger partial charge in [-0.05, 0) is 49.2 Å². The minimum atomic E-state index is -3.77. The van der Waals surface area contributed by atoms with Gasteiger partial charge < -0.3 is 15.0 Å². The van der Waals surface area contributed by atoms with Gasteiger partial charge in [-0.15, -0.1) is 4.40 Å². The Hall–Kier alpha value is -3.20.